The first kappa shape index (κ1) is 30.7. The molecule has 2 unspecified atom stereocenters. The number of carboxylic acids is 1. The fraction of sp³-hybridized carbons (Fsp3) is 0.250. The van der Waals surface area contributed by atoms with Crippen molar-refractivity contribution in [2.24, 2.45) is 5.73 Å². The third kappa shape index (κ3) is 6.82. The molecule has 2 atom stereocenters. The van der Waals surface area contributed by atoms with Gasteiger partial charge < -0.3 is 20.3 Å². The van der Waals surface area contributed by atoms with Gasteiger partial charge in [-0.1, -0.05) is 48.0 Å². The number of nitrogens with two attached hydrogens (primary N) is 1. The van der Waals surface area contributed by atoms with Gasteiger partial charge in [0.15, 0.2) is 0 Å². The van der Waals surface area contributed by atoms with Gasteiger partial charge in [-0.15, -0.1) is 23.7 Å². The van der Waals surface area contributed by atoms with Gasteiger partial charge in [-0.3, -0.25) is 4.79 Å². The summed E-state index contributed by atoms with van der Waals surface area (Å²) in [5.74, 6) is -1.29. The van der Waals surface area contributed by atoms with Crippen LogP contribution in [-0.4, -0.2) is 46.5 Å². The zero-order valence-corrected chi connectivity index (χ0v) is 23.6. The summed E-state index contributed by atoms with van der Waals surface area (Å²) in [4.78, 5) is 19.4. The Morgan fingerprint density at radius 2 is 1.93 bits per heavy atom. The standard InChI is InChI=1S/C28H23ClF3N3O4S.ClH/c29-18-7-8-19(20(11-18)17-2-1-9-38-12-17)25(28(30,31)32)39-26-24-23(34-14-35-26)21(13-40-24)16-5-3-15(4-6-16)10-22(33)27(36)37;/h2-8,11,13-14,22,25H,1,9-10,12,33H2,(H,36,37);1H. The number of hydrogen-bond donors (Lipinski definition) is 2. The zero-order valence-electron chi connectivity index (χ0n) is 21.2. The summed E-state index contributed by atoms with van der Waals surface area (Å²) in [6, 6.07) is 10.3. The van der Waals surface area contributed by atoms with E-state index in [2.05, 4.69) is 9.97 Å². The van der Waals surface area contributed by atoms with Crippen molar-refractivity contribution in [3.8, 4) is 17.0 Å². The molecule has 3 heterocycles. The second-order valence-electron chi connectivity index (χ2n) is 9.19. The summed E-state index contributed by atoms with van der Waals surface area (Å²) in [5, 5.41) is 11.1. The maximum Gasteiger partial charge on any atom is 0.429 e. The van der Waals surface area contributed by atoms with E-state index >= 15 is 0 Å². The molecule has 1 aliphatic heterocycles. The minimum atomic E-state index is -4.76. The molecule has 0 amide bonds. The maximum absolute atomic E-state index is 14.5. The average molecular weight is 626 g/mol. The summed E-state index contributed by atoms with van der Waals surface area (Å²) in [6.07, 6.45) is -3.32. The molecule has 2 aromatic heterocycles. The molecule has 0 saturated carbocycles. The van der Waals surface area contributed by atoms with Crippen LogP contribution in [0.5, 0.6) is 5.88 Å². The van der Waals surface area contributed by atoms with E-state index in [9.17, 15) is 18.0 Å². The number of benzene rings is 2. The normalized spacial score (nSPS) is 15.1. The number of carboxylic acid groups (broad SMARTS) is 1. The molecule has 0 fully saturated rings. The predicted molar refractivity (Wildman–Crippen MR) is 154 cm³/mol. The van der Waals surface area contributed by atoms with Crippen LogP contribution in [0.1, 0.15) is 29.2 Å². The highest BCUT2D eigenvalue weighted by Crippen LogP contribution is 2.44. The van der Waals surface area contributed by atoms with Crippen molar-refractivity contribution in [2.75, 3.05) is 13.2 Å². The zero-order chi connectivity index (χ0) is 28.4. The van der Waals surface area contributed by atoms with Crippen molar-refractivity contribution in [3.05, 3.63) is 82.0 Å². The van der Waals surface area contributed by atoms with E-state index in [4.69, 9.17) is 31.9 Å². The highest BCUT2D eigenvalue weighted by molar-refractivity contribution is 7.18. The van der Waals surface area contributed by atoms with Gasteiger partial charge in [-0.05, 0) is 47.2 Å². The van der Waals surface area contributed by atoms with E-state index in [-0.39, 0.29) is 36.9 Å². The minimum absolute atomic E-state index is 0. The number of halogens is 5. The summed E-state index contributed by atoms with van der Waals surface area (Å²) in [6.45, 7) is 0.668. The van der Waals surface area contributed by atoms with Crippen molar-refractivity contribution in [2.45, 2.75) is 31.2 Å². The Labute approximate surface area is 248 Å². The molecule has 0 bridgehead atoms. The average Bonchev–Trinajstić information content (AvgIpc) is 3.37. The van der Waals surface area contributed by atoms with Crippen LogP contribution < -0.4 is 10.5 Å². The lowest BCUT2D eigenvalue weighted by Crippen LogP contribution is -2.32. The monoisotopic (exact) mass is 625 g/mol. The SMILES string of the molecule is Cl.NC(Cc1ccc(-c2csc3c(OC(c4ccc(Cl)cc4C4=CCCOC4)C(F)(F)F)ncnc23)cc1)C(=O)O. The van der Waals surface area contributed by atoms with Crippen LogP contribution in [0, 0.1) is 0 Å². The van der Waals surface area contributed by atoms with Gasteiger partial charge >= 0.3 is 12.1 Å². The van der Waals surface area contributed by atoms with Gasteiger partial charge in [0.05, 0.1) is 18.7 Å². The van der Waals surface area contributed by atoms with Crippen LogP contribution >= 0.6 is 35.3 Å². The molecule has 2 aromatic carbocycles. The lowest BCUT2D eigenvalue weighted by molar-refractivity contribution is -0.198. The van der Waals surface area contributed by atoms with Gasteiger partial charge in [-0.25, -0.2) is 9.97 Å². The Balaban J connectivity index is 0.00000387. The lowest BCUT2D eigenvalue weighted by atomic mass is 9.94. The fourth-order valence-electron chi connectivity index (χ4n) is 4.48. The minimum Gasteiger partial charge on any atom is -0.480 e. The van der Waals surface area contributed by atoms with Gasteiger partial charge in [0, 0.05) is 21.5 Å². The second kappa shape index (κ2) is 12.7. The number of rotatable bonds is 8. The molecule has 0 aliphatic carbocycles. The molecule has 1 aliphatic rings. The smallest absolute Gasteiger partial charge is 0.429 e. The molecule has 13 heteroatoms. The quantitative estimate of drug-likeness (QED) is 0.220. The van der Waals surface area contributed by atoms with Crippen LogP contribution in [0.4, 0.5) is 13.2 Å². The fourth-order valence-corrected chi connectivity index (χ4v) is 5.61. The van der Waals surface area contributed by atoms with Crippen molar-refractivity contribution in [3.63, 3.8) is 0 Å². The summed E-state index contributed by atoms with van der Waals surface area (Å²) < 4.78 is 54.9. The van der Waals surface area contributed by atoms with E-state index in [1.165, 1.54) is 35.9 Å². The highest BCUT2D eigenvalue weighted by Gasteiger charge is 2.45. The Morgan fingerprint density at radius 1 is 1.17 bits per heavy atom. The van der Waals surface area contributed by atoms with Crippen LogP contribution in [0.15, 0.2) is 60.2 Å². The van der Waals surface area contributed by atoms with Crippen molar-refractivity contribution in [1.82, 2.24) is 9.97 Å². The lowest BCUT2D eigenvalue weighted by Gasteiger charge is -2.25. The molecule has 216 valence electrons. The van der Waals surface area contributed by atoms with E-state index in [0.29, 0.717) is 45.0 Å². The van der Waals surface area contributed by atoms with Crippen molar-refractivity contribution in [1.29, 1.82) is 0 Å². The second-order valence-corrected chi connectivity index (χ2v) is 10.5. The number of carbonyl (C=O) groups is 1. The number of aliphatic carboxylic acids is 1. The number of ether oxygens (including phenoxy) is 2. The highest BCUT2D eigenvalue weighted by atomic mass is 35.5. The predicted octanol–water partition coefficient (Wildman–Crippen LogP) is 6.87. The number of thiophene rings is 1. The molecule has 5 rings (SSSR count). The third-order valence-electron chi connectivity index (χ3n) is 6.44. The number of hydrogen-bond acceptors (Lipinski definition) is 7. The van der Waals surface area contributed by atoms with Crippen LogP contribution in [0.25, 0.3) is 26.9 Å². The van der Waals surface area contributed by atoms with E-state index in [0.717, 1.165) is 11.1 Å². The maximum atomic E-state index is 14.5. The first-order chi connectivity index (χ1) is 19.1. The molecule has 4 aromatic rings. The number of aromatic nitrogens is 2. The topological polar surface area (TPSA) is 108 Å². The Bertz CT molecular complexity index is 1580. The summed E-state index contributed by atoms with van der Waals surface area (Å²) in [5.41, 5.74) is 9.06. The number of nitrogens with zero attached hydrogens (tertiary/aromatic N) is 2. The first-order valence-electron chi connectivity index (χ1n) is 12.2. The molecular formula is C28H24Cl2F3N3O4S. The van der Waals surface area contributed by atoms with Gasteiger partial charge in [0.25, 0.3) is 0 Å². The third-order valence-corrected chi connectivity index (χ3v) is 7.63. The molecule has 3 N–H and O–H groups in total. The largest absolute Gasteiger partial charge is 0.480 e. The van der Waals surface area contributed by atoms with Crippen LogP contribution in [0.2, 0.25) is 5.02 Å². The Hall–Kier alpha value is -3.22. The van der Waals surface area contributed by atoms with Crippen LogP contribution in [-0.2, 0) is 16.0 Å². The van der Waals surface area contributed by atoms with Crippen molar-refractivity contribution >= 4 is 57.1 Å². The van der Waals surface area contributed by atoms with Gasteiger partial charge in [-0.2, -0.15) is 13.2 Å². The summed E-state index contributed by atoms with van der Waals surface area (Å²) >= 11 is 7.33. The first-order valence-corrected chi connectivity index (χ1v) is 13.5. The molecule has 41 heavy (non-hydrogen) atoms. The number of fused-ring (bicyclic) bond motifs is 1. The summed E-state index contributed by atoms with van der Waals surface area (Å²) in [7, 11) is 0. The van der Waals surface area contributed by atoms with Gasteiger partial charge in [0.1, 0.15) is 17.1 Å². The Morgan fingerprint density at radius 3 is 2.59 bits per heavy atom. The van der Waals surface area contributed by atoms with Crippen molar-refractivity contribution < 1.29 is 32.5 Å². The van der Waals surface area contributed by atoms with E-state index < -0.39 is 24.3 Å². The molecule has 0 spiro atoms. The Kier molecular flexibility index (Phi) is 9.55. The van der Waals surface area contributed by atoms with E-state index in [1.54, 1.807) is 29.6 Å². The van der Waals surface area contributed by atoms with E-state index in [1.807, 2.05) is 6.08 Å². The number of alkyl halides is 3. The molecule has 7 nitrogen and oxygen atoms in total. The molecular weight excluding hydrogens is 602 g/mol. The van der Waals surface area contributed by atoms with Crippen LogP contribution in [0.3, 0.4) is 0 Å². The molecule has 0 saturated heterocycles. The molecule has 0 radical (unpaired) electrons. The van der Waals surface area contributed by atoms with Gasteiger partial charge in [0.2, 0.25) is 12.0 Å².